The molecule has 3 unspecified atom stereocenters. The number of terminal acetylenes is 1. The molecule has 0 saturated carbocycles. The van der Waals surface area contributed by atoms with Crippen molar-refractivity contribution in [2.45, 2.75) is 197 Å². The normalized spacial score (nSPS) is 48.4. The van der Waals surface area contributed by atoms with E-state index in [2.05, 4.69) is 12.0 Å². The number of esters is 1. The zero-order valence-electron chi connectivity index (χ0n) is 38.9. The predicted molar refractivity (Wildman–Crippen MR) is 232 cm³/mol. The van der Waals surface area contributed by atoms with E-state index < -0.39 is 115 Å². The summed E-state index contributed by atoms with van der Waals surface area (Å²) in [5, 5.41) is 45.8. The van der Waals surface area contributed by atoms with E-state index in [1.165, 1.54) is 0 Å². The van der Waals surface area contributed by atoms with Crippen LogP contribution in [-0.2, 0) is 52.2 Å². The zero-order chi connectivity index (χ0) is 46.2. The number of carbonyl (C=O) groups is 1. The summed E-state index contributed by atoms with van der Waals surface area (Å²) in [6, 6.07) is 0. The van der Waals surface area contributed by atoms with Crippen LogP contribution in [0, 0.1) is 36.0 Å². The van der Waals surface area contributed by atoms with Gasteiger partial charge in [-0.2, -0.15) is 0 Å². The maximum atomic E-state index is 14.4. The van der Waals surface area contributed by atoms with Gasteiger partial charge in [-0.3, -0.25) is 4.79 Å². The highest BCUT2D eigenvalue weighted by Crippen LogP contribution is 2.48. The number of fused-ring (bicyclic) bond motifs is 2. The second-order valence-corrected chi connectivity index (χ2v) is 19.5. The van der Waals surface area contributed by atoms with Crippen molar-refractivity contribution in [1.82, 2.24) is 0 Å². The number of methoxy groups -OCH3 is 2. The minimum atomic E-state index is -1.89. The van der Waals surface area contributed by atoms with Crippen LogP contribution < -0.4 is 0 Å². The Morgan fingerprint density at radius 2 is 1.62 bits per heavy atom. The number of hydrogen-bond acceptors (Lipinski definition) is 15. The Kier molecular flexibility index (Phi) is 15.7. The first-order valence-electron chi connectivity index (χ1n) is 23.2. The molecule has 6 aliphatic heterocycles. The smallest absolute Gasteiger partial charge is 0.316 e. The van der Waals surface area contributed by atoms with Crippen LogP contribution in [0.5, 0.6) is 0 Å². The van der Waals surface area contributed by atoms with Crippen molar-refractivity contribution in [2.24, 2.45) is 23.7 Å². The fourth-order valence-corrected chi connectivity index (χ4v) is 11.0. The van der Waals surface area contributed by atoms with Crippen LogP contribution >= 0.6 is 0 Å². The molecule has 358 valence electrons. The maximum Gasteiger partial charge on any atom is 0.316 e. The van der Waals surface area contributed by atoms with Crippen molar-refractivity contribution in [3.63, 3.8) is 0 Å². The predicted octanol–water partition coefficient (Wildman–Crippen LogP) is 4.19. The molecule has 0 aromatic heterocycles. The van der Waals surface area contributed by atoms with Crippen molar-refractivity contribution in [3.8, 4) is 12.3 Å². The van der Waals surface area contributed by atoms with E-state index in [9.17, 15) is 25.2 Å². The summed E-state index contributed by atoms with van der Waals surface area (Å²) in [6.07, 6.45) is 7.67. The average molecular weight is 901 g/mol. The van der Waals surface area contributed by atoms with E-state index in [4.69, 9.17) is 53.8 Å². The topological polar surface area (TPSA) is 190 Å². The zero-order valence-corrected chi connectivity index (χ0v) is 38.9. The molecule has 7 aliphatic rings. The highest BCUT2D eigenvalue weighted by molar-refractivity contribution is 5.78. The van der Waals surface area contributed by atoms with Gasteiger partial charge < -0.3 is 67.8 Å². The largest absolute Gasteiger partial charge is 0.462 e. The fraction of sp³-hybridized carbons (Fsp3) is 0.776. The molecule has 15 nitrogen and oxygen atoms in total. The molecule has 0 amide bonds. The molecule has 64 heavy (non-hydrogen) atoms. The molecule has 7 rings (SSSR count). The lowest BCUT2D eigenvalue weighted by atomic mass is 9.71. The molecule has 2 bridgehead atoms. The van der Waals surface area contributed by atoms with Gasteiger partial charge in [0.05, 0.1) is 55.4 Å². The van der Waals surface area contributed by atoms with Crippen molar-refractivity contribution in [3.05, 3.63) is 47.1 Å². The lowest BCUT2D eigenvalue weighted by Gasteiger charge is -2.52. The average Bonchev–Trinajstić information content (AvgIpc) is 3.59. The number of carbonyl (C=O) groups excluding carboxylic acids is 1. The third-order valence-electron chi connectivity index (χ3n) is 14.8. The summed E-state index contributed by atoms with van der Waals surface area (Å²) in [7, 11) is 3.19. The van der Waals surface area contributed by atoms with Crippen LogP contribution in [0.2, 0.25) is 0 Å². The summed E-state index contributed by atoms with van der Waals surface area (Å²) in [4.78, 5) is 14.4. The van der Waals surface area contributed by atoms with Crippen LogP contribution in [0.25, 0.3) is 0 Å². The summed E-state index contributed by atoms with van der Waals surface area (Å²) in [6.45, 7) is 13.4. The SMILES string of the molecule is C#CCC(C)C1O[C@]2(CC(O)[C@@H]1C)C[C@@H]1C[C@@H](C/C=C(/C)[C@@H](O[C@H]3C[C@H](OC)[C@@H](O[C@H]4C[C@H](OC)[C@@H](O)[C@H](C)O4)[C@H](C)O3)[C@@H](C)/C=C\C=C3CO[C@@H]4[C@H](O)C(C)=C[C@@H](C(=O)O1)[C@]34O)O2. The molecular weight excluding hydrogens is 829 g/mol. The van der Waals surface area contributed by atoms with Gasteiger partial charge in [0.1, 0.15) is 42.0 Å². The molecule has 15 heteroatoms. The molecule has 0 aromatic rings. The summed E-state index contributed by atoms with van der Waals surface area (Å²) < 4.78 is 63.5. The molecule has 1 spiro atoms. The Morgan fingerprint density at radius 3 is 2.34 bits per heavy atom. The Bertz CT molecular complexity index is 1810. The number of rotatable bonds is 8. The molecule has 0 aromatic carbocycles. The number of allylic oxidation sites excluding steroid dienone is 2. The third-order valence-corrected chi connectivity index (χ3v) is 14.8. The Morgan fingerprint density at radius 1 is 0.922 bits per heavy atom. The second-order valence-electron chi connectivity index (χ2n) is 19.5. The molecule has 4 N–H and O–H groups in total. The highest BCUT2D eigenvalue weighted by atomic mass is 16.7. The highest BCUT2D eigenvalue weighted by Gasteiger charge is 2.60. The van der Waals surface area contributed by atoms with Crippen LogP contribution in [-0.4, -0.2) is 151 Å². The van der Waals surface area contributed by atoms with Gasteiger partial charge in [-0.05, 0) is 56.8 Å². The van der Waals surface area contributed by atoms with Gasteiger partial charge in [0.15, 0.2) is 18.4 Å². The van der Waals surface area contributed by atoms with Gasteiger partial charge in [-0.25, -0.2) is 0 Å². The Labute approximate surface area is 378 Å². The Balaban J connectivity index is 1.19. The first-order chi connectivity index (χ1) is 30.4. The molecule has 6 heterocycles. The summed E-state index contributed by atoms with van der Waals surface area (Å²) in [5.41, 5.74) is -0.0464. The lowest BCUT2D eigenvalue weighted by molar-refractivity contribution is -0.353. The van der Waals surface area contributed by atoms with Crippen LogP contribution in [0.3, 0.4) is 0 Å². The fourth-order valence-electron chi connectivity index (χ4n) is 11.0. The van der Waals surface area contributed by atoms with Crippen LogP contribution in [0.4, 0.5) is 0 Å². The second kappa shape index (κ2) is 20.4. The quantitative estimate of drug-likeness (QED) is 0.154. The number of aliphatic hydroxyl groups excluding tert-OH is 3. The summed E-state index contributed by atoms with van der Waals surface area (Å²) in [5.74, 6) is -0.905. The van der Waals surface area contributed by atoms with Crippen molar-refractivity contribution in [2.75, 3.05) is 20.8 Å². The lowest BCUT2D eigenvalue weighted by Crippen LogP contribution is -2.60. The molecular formula is C49H72O15. The van der Waals surface area contributed by atoms with Gasteiger partial charge in [-0.15, -0.1) is 12.3 Å². The number of aliphatic hydroxyl groups is 4. The van der Waals surface area contributed by atoms with Crippen molar-refractivity contribution >= 4 is 5.97 Å². The molecule has 5 saturated heterocycles. The molecule has 5 fully saturated rings. The van der Waals surface area contributed by atoms with E-state index >= 15 is 0 Å². The number of ether oxygens (including phenoxy) is 10. The first-order valence-corrected chi connectivity index (χ1v) is 23.2. The van der Waals surface area contributed by atoms with E-state index in [0.29, 0.717) is 43.3 Å². The van der Waals surface area contributed by atoms with Gasteiger partial charge in [0.25, 0.3) is 0 Å². The standard InChI is InChI=1S/C49H72O15/c1-11-13-25(2)44-29(6)36(50)23-48(64-44)22-34-19-33(63-48)17-16-27(4)43(26(3)14-12-15-32-24-57-46-41(51)28(5)18-35(47(53)60-34)49(32,46)54)61-40-21-38(56-10)45(31(8)59-40)62-39-20-37(55-9)42(52)30(7)58-39/h1,12,14-16,18,25-26,29-31,33-46,50-52,54H,13,17,19-24H2,2-10H3/b14-12-,27-16-,32-15?/t25?,26-,29-,30-,31-,33+,34-,35-,36?,37-,38-,39-,40-,41+,42-,43-,44?,45-,46+,48-,49+/m0/s1. The summed E-state index contributed by atoms with van der Waals surface area (Å²) >= 11 is 0. The van der Waals surface area contributed by atoms with Crippen molar-refractivity contribution < 1.29 is 72.6 Å². The molecule has 0 radical (unpaired) electrons. The van der Waals surface area contributed by atoms with E-state index in [1.54, 1.807) is 40.2 Å². The van der Waals surface area contributed by atoms with E-state index in [1.807, 2.05) is 46.8 Å². The van der Waals surface area contributed by atoms with E-state index in [-0.39, 0.29) is 37.2 Å². The monoisotopic (exact) mass is 900 g/mol. The minimum absolute atomic E-state index is 0.00271. The van der Waals surface area contributed by atoms with Crippen LogP contribution in [0.1, 0.15) is 93.4 Å². The van der Waals surface area contributed by atoms with Crippen LogP contribution in [0.15, 0.2) is 47.1 Å². The van der Waals surface area contributed by atoms with Gasteiger partial charge in [0.2, 0.25) is 0 Å². The minimum Gasteiger partial charge on any atom is -0.462 e. The molecule has 1 aliphatic carbocycles. The van der Waals surface area contributed by atoms with Gasteiger partial charge in [0, 0.05) is 64.6 Å². The van der Waals surface area contributed by atoms with Gasteiger partial charge >= 0.3 is 5.97 Å². The van der Waals surface area contributed by atoms with Crippen molar-refractivity contribution in [1.29, 1.82) is 0 Å². The van der Waals surface area contributed by atoms with Gasteiger partial charge in [-0.1, -0.05) is 51.2 Å². The van der Waals surface area contributed by atoms with E-state index in [0.717, 1.165) is 5.57 Å². The number of hydrogen-bond donors (Lipinski definition) is 4. The molecule has 21 atom stereocenters. The Hall–Kier alpha value is -2.53. The third kappa shape index (κ3) is 10.0. The first kappa shape index (κ1) is 49.4. The maximum absolute atomic E-state index is 14.4.